The smallest absolute Gasteiger partial charge is 0.406 e. The molecule has 3 aromatic rings. The Morgan fingerprint density at radius 3 is 2.27 bits per heavy atom. The van der Waals surface area contributed by atoms with Gasteiger partial charge in [-0.2, -0.15) is 5.10 Å². The summed E-state index contributed by atoms with van der Waals surface area (Å²) in [5, 5.41) is 4.37. The van der Waals surface area contributed by atoms with E-state index in [1.165, 1.54) is 12.1 Å². The molecule has 33 heavy (non-hydrogen) atoms. The summed E-state index contributed by atoms with van der Waals surface area (Å²) in [6.07, 6.45) is -4.72. The Balaban J connectivity index is 1.43. The van der Waals surface area contributed by atoms with Gasteiger partial charge in [0.2, 0.25) is 5.91 Å². The number of piperazine rings is 1. The number of aryl methyl sites for hydroxylation is 2. The van der Waals surface area contributed by atoms with Crippen molar-refractivity contribution >= 4 is 11.6 Å². The van der Waals surface area contributed by atoms with Crippen molar-refractivity contribution in [3.63, 3.8) is 0 Å². The molecular formula is C24H25F3N4O2. The zero-order valence-electron chi connectivity index (χ0n) is 18.5. The highest BCUT2D eigenvalue weighted by Gasteiger charge is 2.31. The van der Waals surface area contributed by atoms with Crippen LogP contribution in [0.3, 0.4) is 0 Å². The van der Waals surface area contributed by atoms with Crippen molar-refractivity contribution in [3.8, 4) is 16.9 Å². The normalized spacial score (nSPS) is 14.5. The van der Waals surface area contributed by atoms with Gasteiger partial charge in [-0.15, -0.1) is 13.2 Å². The Hall–Kier alpha value is -3.49. The second kappa shape index (κ2) is 9.17. The molecule has 1 saturated heterocycles. The number of hydrogen-bond donors (Lipinski definition) is 0. The Kier molecular flexibility index (Phi) is 6.31. The number of halogens is 3. The number of carbonyl (C=O) groups excluding carboxylic acids is 1. The highest BCUT2D eigenvalue weighted by Crippen LogP contribution is 2.33. The minimum absolute atomic E-state index is 0.0365. The fourth-order valence-corrected chi connectivity index (χ4v) is 4.09. The van der Waals surface area contributed by atoms with Crippen molar-refractivity contribution in [2.75, 3.05) is 31.1 Å². The van der Waals surface area contributed by atoms with E-state index in [1.807, 2.05) is 49.1 Å². The SMILES string of the molecule is Cc1cc(C)n(CC(=O)N2CCN(c3ccccc3-c3ccc(OC(F)(F)F)cc3)CC2)n1. The fraction of sp³-hybridized carbons (Fsp3) is 0.333. The van der Waals surface area contributed by atoms with Gasteiger partial charge in [-0.05, 0) is 43.7 Å². The molecule has 2 heterocycles. The van der Waals surface area contributed by atoms with E-state index in [1.54, 1.807) is 16.8 Å². The molecular weight excluding hydrogens is 433 g/mol. The van der Waals surface area contributed by atoms with Crippen LogP contribution in [0.5, 0.6) is 5.75 Å². The number of aromatic nitrogens is 2. The van der Waals surface area contributed by atoms with Crippen LogP contribution in [-0.2, 0) is 11.3 Å². The first-order chi connectivity index (χ1) is 15.7. The maximum Gasteiger partial charge on any atom is 0.573 e. The zero-order valence-corrected chi connectivity index (χ0v) is 18.5. The molecule has 0 spiro atoms. The summed E-state index contributed by atoms with van der Waals surface area (Å²) in [5.74, 6) is -0.215. The van der Waals surface area contributed by atoms with E-state index in [0.29, 0.717) is 26.2 Å². The largest absolute Gasteiger partial charge is 0.573 e. The molecule has 4 rings (SSSR count). The minimum atomic E-state index is -4.72. The highest BCUT2D eigenvalue weighted by atomic mass is 19.4. The number of carbonyl (C=O) groups is 1. The second-order valence-corrected chi connectivity index (χ2v) is 8.04. The number of hydrogen-bond acceptors (Lipinski definition) is 4. The van der Waals surface area contributed by atoms with Crippen LogP contribution in [0.4, 0.5) is 18.9 Å². The maximum atomic E-state index is 12.7. The van der Waals surface area contributed by atoms with Gasteiger partial charge in [-0.1, -0.05) is 30.3 Å². The standard InChI is InChI=1S/C24H25F3N4O2/c1-17-15-18(2)31(28-17)16-23(32)30-13-11-29(12-14-30)22-6-4-3-5-21(22)19-7-9-20(10-8-19)33-24(25,26)27/h3-10,15H,11-14,16H2,1-2H3. The first-order valence-electron chi connectivity index (χ1n) is 10.7. The van der Waals surface area contributed by atoms with Gasteiger partial charge in [0.15, 0.2) is 0 Å². The van der Waals surface area contributed by atoms with Gasteiger partial charge < -0.3 is 14.5 Å². The molecule has 0 unspecified atom stereocenters. The first-order valence-corrected chi connectivity index (χ1v) is 10.7. The molecule has 0 aliphatic carbocycles. The highest BCUT2D eigenvalue weighted by molar-refractivity contribution is 5.80. The van der Waals surface area contributed by atoms with E-state index in [2.05, 4.69) is 14.7 Å². The number of benzene rings is 2. The first kappa shape index (κ1) is 22.7. The van der Waals surface area contributed by atoms with Crippen molar-refractivity contribution in [3.05, 3.63) is 66.0 Å². The summed E-state index contributed by atoms with van der Waals surface area (Å²) in [4.78, 5) is 16.8. The minimum Gasteiger partial charge on any atom is -0.406 e. The predicted octanol–water partition coefficient (Wildman–Crippen LogP) is 4.41. The monoisotopic (exact) mass is 458 g/mol. The summed E-state index contributed by atoms with van der Waals surface area (Å²) < 4.78 is 43.0. The Morgan fingerprint density at radius 1 is 1.00 bits per heavy atom. The topological polar surface area (TPSA) is 50.6 Å². The molecule has 0 N–H and O–H groups in total. The molecule has 1 aliphatic heterocycles. The quantitative estimate of drug-likeness (QED) is 0.568. The van der Waals surface area contributed by atoms with E-state index < -0.39 is 6.36 Å². The van der Waals surface area contributed by atoms with Gasteiger partial charge in [0.1, 0.15) is 12.3 Å². The average molecular weight is 458 g/mol. The number of para-hydroxylation sites is 1. The van der Waals surface area contributed by atoms with E-state index in [4.69, 9.17) is 0 Å². The van der Waals surface area contributed by atoms with Gasteiger partial charge in [-0.3, -0.25) is 9.48 Å². The number of nitrogens with zero attached hydrogens (tertiary/aromatic N) is 4. The average Bonchev–Trinajstić information content (AvgIpc) is 3.10. The summed E-state index contributed by atoms with van der Waals surface area (Å²) in [7, 11) is 0. The molecule has 0 atom stereocenters. The van der Waals surface area contributed by atoms with Crippen molar-refractivity contribution < 1.29 is 22.7 Å². The maximum absolute atomic E-state index is 12.7. The van der Waals surface area contributed by atoms with E-state index >= 15 is 0 Å². The molecule has 1 aliphatic rings. The summed E-state index contributed by atoms with van der Waals surface area (Å²) in [5.41, 5.74) is 4.54. The van der Waals surface area contributed by atoms with Gasteiger partial charge in [0.25, 0.3) is 0 Å². The lowest BCUT2D eigenvalue weighted by molar-refractivity contribution is -0.274. The number of rotatable bonds is 5. The Labute approximate surface area is 190 Å². The lowest BCUT2D eigenvalue weighted by atomic mass is 10.0. The molecule has 0 bridgehead atoms. The van der Waals surface area contributed by atoms with Gasteiger partial charge in [-0.25, -0.2) is 0 Å². The van der Waals surface area contributed by atoms with Crippen molar-refractivity contribution in [1.82, 2.24) is 14.7 Å². The summed E-state index contributed by atoms with van der Waals surface area (Å²) >= 11 is 0. The second-order valence-electron chi connectivity index (χ2n) is 8.04. The Bertz CT molecular complexity index is 1120. The molecule has 1 aromatic heterocycles. The van der Waals surface area contributed by atoms with Gasteiger partial charge in [0.05, 0.1) is 5.69 Å². The van der Waals surface area contributed by atoms with Crippen LogP contribution in [-0.4, -0.2) is 53.1 Å². The van der Waals surface area contributed by atoms with Gasteiger partial charge >= 0.3 is 6.36 Å². The number of ether oxygens (including phenoxy) is 1. The molecule has 1 fully saturated rings. The van der Waals surface area contributed by atoms with Crippen LogP contribution in [0.2, 0.25) is 0 Å². The summed E-state index contributed by atoms with van der Waals surface area (Å²) in [6.45, 7) is 6.56. The number of anilines is 1. The van der Waals surface area contributed by atoms with Crippen LogP contribution >= 0.6 is 0 Å². The lowest BCUT2D eigenvalue weighted by Crippen LogP contribution is -2.49. The fourth-order valence-electron chi connectivity index (χ4n) is 4.09. The molecule has 1 amide bonds. The van der Waals surface area contributed by atoms with Gasteiger partial charge in [0, 0.05) is 43.1 Å². The number of amides is 1. The van der Waals surface area contributed by atoms with Crippen molar-refractivity contribution in [2.24, 2.45) is 0 Å². The van der Waals surface area contributed by atoms with E-state index in [0.717, 1.165) is 28.2 Å². The third-order valence-corrected chi connectivity index (χ3v) is 5.66. The van der Waals surface area contributed by atoms with Crippen LogP contribution in [0.25, 0.3) is 11.1 Å². The summed E-state index contributed by atoms with van der Waals surface area (Å²) in [6, 6.07) is 15.6. The number of alkyl halides is 3. The molecule has 6 nitrogen and oxygen atoms in total. The van der Waals surface area contributed by atoms with Crippen LogP contribution < -0.4 is 9.64 Å². The third-order valence-electron chi connectivity index (χ3n) is 5.66. The molecule has 0 saturated carbocycles. The molecule has 0 radical (unpaired) electrons. The zero-order chi connectivity index (χ0) is 23.6. The van der Waals surface area contributed by atoms with Crippen LogP contribution in [0, 0.1) is 13.8 Å². The van der Waals surface area contributed by atoms with Crippen molar-refractivity contribution in [2.45, 2.75) is 26.8 Å². The van der Waals surface area contributed by atoms with E-state index in [9.17, 15) is 18.0 Å². The lowest BCUT2D eigenvalue weighted by Gasteiger charge is -2.37. The van der Waals surface area contributed by atoms with Crippen molar-refractivity contribution in [1.29, 1.82) is 0 Å². The van der Waals surface area contributed by atoms with Crippen LogP contribution in [0.1, 0.15) is 11.4 Å². The Morgan fingerprint density at radius 2 is 1.67 bits per heavy atom. The molecule has 174 valence electrons. The van der Waals surface area contributed by atoms with E-state index in [-0.39, 0.29) is 18.2 Å². The predicted molar refractivity (Wildman–Crippen MR) is 119 cm³/mol. The molecule has 2 aromatic carbocycles. The van der Waals surface area contributed by atoms with Crippen LogP contribution in [0.15, 0.2) is 54.6 Å². The molecule has 9 heteroatoms. The third kappa shape index (κ3) is 5.47.